The fraction of sp³-hybridized carbons (Fsp3) is 0.364. The Morgan fingerprint density at radius 2 is 1.69 bits per heavy atom. The van der Waals surface area contributed by atoms with Gasteiger partial charge >= 0.3 is 0 Å². The van der Waals surface area contributed by atoms with Crippen LogP contribution in [0.4, 0.5) is 8.78 Å². The maximum absolute atomic E-state index is 13.1. The van der Waals surface area contributed by atoms with Crippen LogP contribution in [0.25, 0.3) is 0 Å². The molecule has 0 radical (unpaired) electrons. The fourth-order valence-electron chi connectivity index (χ4n) is 3.39. The summed E-state index contributed by atoms with van der Waals surface area (Å²) in [6.45, 7) is 1.60. The van der Waals surface area contributed by atoms with Gasteiger partial charge in [0.2, 0.25) is 5.91 Å². The molecule has 2 aromatic carbocycles. The molecule has 2 aromatic rings. The van der Waals surface area contributed by atoms with Gasteiger partial charge in [-0.25, -0.2) is 8.78 Å². The van der Waals surface area contributed by atoms with Crippen molar-refractivity contribution < 1.29 is 23.1 Å². The van der Waals surface area contributed by atoms with E-state index in [2.05, 4.69) is 0 Å². The first-order valence-corrected chi connectivity index (χ1v) is 9.62. The van der Waals surface area contributed by atoms with Gasteiger partial charge in [0.15, 0.2) is 0 Å². The molecule has 0 spiro atoms. The summed E-state index contributed by atoms with van der Waals surface area (Å²) in [4.78, 5) is 28.7. The van der Waals surface area contributed by atoms with E-state index in [0.29, 0.717) is 37.6 Å². The van der Waals surface area contributed by atoms with Crippen LogP contribution in [0.15, 0.2) is 48.5 Å². The Hall–Kier alpha value is -2.96. The van der Waals surface area contributed by atoms with Crippen molar-refractivity contribution in [1.82, 2.24) is 9.80 Å². The third-order valence-electron chi connectivity index (χ3n) is 5.03. The van der Waals surface area contributed by atoms with Crippen LogP contribution < -0.4 is 4.74 Å². The van der Waals surface area contributed by atoms with Crippen molar-refractivity contribution in [3.63, 3.8) is 0 Å². The molecule has 1 heterocycles. The molecule has 1 saturated heterocycles. The number of hydrogen-bond donors (Lipinski definition) is 0. The largest absolute Gasteiger partial charge is 0.492 e. The van der Waals surface area contributed by atoms with E-state index in [1.165, 1.54) is 48.5 Å². The number of halogens is 2. The number of carbonyl (C=O) groups is 2. The van der Waals surface area contributed by atoms with Crippen LogP contribution in [0.2, 0.25) is 0 Å². The lowest BCUT2D eigenvalue weighted by atomic mass is 9.96. The Balaban J connectivity index is 1.50. The molecular weight excluding hydrogens is 378 g/mol. The van der Waals surface area contributed by atoms with Gasteiger partial charge in [-0.05, 0) is 61.4 Å². The summed E-state index contributed by atoms with van der Waals surface area (Å²) < 4.78 is 31.5. The van der Waals surface area contributed by atoms with E-state index in [9.17, 15) is 18.4 Å². The number of ether oxygens (including phenoxy) is 1. The summed E-state index contributed by atoms with van der Waals surface area (Å²) in [5, 5.41) is 0. The number of likely N-dealkylation sites (N-methyl/N-ethyl adjacent to an activating group) is 1. The van der Waals surface area contributed by atoms with Crippen LogP contribution in [0.5, 0.6) is 5.75 Å². The van der Waals surface area contributed by atoms with E-state index < -0.39 is 5.82 Å². The van der Waals surface area contributed by atoms with Crippen LogP contribution >= 0.6 is 0 Å². The maximum Gasteiger partial charge on any atom is 0.253 e. The molecule has 2 amide bonds. The zero-order valence-electron chi connectivity index (χ0n) is 16.3. The minimum atomic E-state index is -0.391. The van der Waals surface area contributed by atoms with Crippen molar-refractivity contribution >= 4 is 11.8 Å². The summed E-state index contributed by atoms with van der Waals surface area (Å²) in [5.41, 5.74) is 0.417. The number of nitrogens with zero attached hydrogens (tertiary/aromatic N) is 2. The van der Waals surface area contributed by atoms with Crippen molar-refractivity contribution in [2.75, 3.05) is 33.3 Å². The highest BCUT2D eigenvalue weighted by Crippen LogP contribution is 2.21. The van der Waals surface area contributed by atoms with Crippen LogP contribution in [-0.2, 0) is 4.79 Å². The van der Waals surface area contributed by atoms with Crippen molar-refractivity contribution in [2.24, 2.45) is 5.92 Å². The molecule has 0 N–H and O–H groups in total. The molecule has 1 aliphatic heterocycles. The molecule has 1 fully saturated rings. The highest BCUT2D eigenvalue weighted by molar-refractivity contribution is 5.94. The molecule has 1 aliphatic rings. The molecule has 0 bridgehead atoms. The summed E-state index contributed by atoms with van der Waals surface area (Å²) in [5.74, 6) is -0.682. The van der Waals surface area contributed by atoms with Crippen LogP contribution in [-0.4, -0.2) is 54.9 Å². The summed E-state index contributed by atoms with van der Waals surface area (Å²) in [7, 11) is 1.71. The van der Waals surface area contributed by atoms with E-state index in [0.717, 1.165) is 12.8 Å². The van der Waals surface area contributed by atoms with Crippen molar-refractivity contribution in [3.8, 4) is 5.75 Å². The van der Waals surface area contributed by atoms with Crippen LogP contribution in [0, 0.1) is 17.6 Å². The van der Waals surface area contributed by atoms with E-state index in [-0.39, 0.29) is 23.5 Å². The van der Waals surface area contributed by atoms with Gasteiger partial charge in [0.05, 0.1) is 12.5 Å². The Morgan fingerprint density at radius 3 is 2.34 bits per heavy atom. The summed E-state index contributed by atoms with van der Waals surface area (Å²) >= 11 is 0. The van der Waals surface area contributed by atoms with Gasteiger partial charge < -0.3 is 14.5 Å². The van der Waals surface area contributed by atoms with E-state index in [4.69, 9.17) is 4.74 Å². The number of carbonyl (C=O) groups excluding carboxylic acids is 2. The minimum Gasteiger partial charge on any atom is -0.492 e. The highest BCUT2D eigenvalue weighted by atomic mass is 19.1. The maximum atomic E-state index is 13.1. The lowest BCUT2D eigenvalue weighted by molar-refractivity contribution is -0.135. The zero-order valence-corrected chi connectivity index (χ0v) is 16.3. The second-order valence-corrected chi connectivity index (χ2v) is 7.16. The predicted octanol–water partition coefficient (Wildman–Crippen LogP) is 3.35. The van der Waals surface area contributed by atoms with Gasteiger partial charge in [-0.2, -0.15) is 0 Å². The van der Waals surface area contributed by atoms with Gasteiger partial charge in [-0.1, -0.05) is 0 Å². The second-order valence-electron chi connectivity index (χ2n) is 7.16. The molecule has 7 heteroatoms. The number of piperidine rings is 1. The molecule has 0 aromatic heterocycles. The molecule has 0 saturated carbocycles. The van der Waals surface area contributed by atoms with Crippen molar-refractivity contribution in [2.45, 2.75) is 12.8 Å². The van der Waals surface area contributed by atoms with Crippen LogP contribution in [0.1, 0.15) is 23.2 Å². The number of benzene rings is 2. The lowest BCUT2D eigenvalue weighted by Crippen LogP contribution is -2.46. The average Bonchev–Trinajstić information content (AvgIpc) is 2.74. The smallest absolute Gasteiger partial charge is 0.253 e. The molecular formula is C22H24F2N2O3. The first kappa shape index (κ1) is 20.8. The Morgan fingerprint density at radius 1 is 1.07 bits per heavy atom. The van der Waals surface area contributed by atoms with Gasteiger partial charge in [-0.3, -0.25) is 9.59 Å². The summed E-state index contributed by atoms with van der Waals surface area (Å²) in [6, 6.07) is 11.2. The predicted molar refractivity (Wildman–Crippen MR) is 105 cm³/mol. The normalized spacial score (nSPS) is 16.4. The van der Waals surface area contributed by atoms with Crippen molar-refractivity contribution in [1.29, 1.82) is 0 Å². The third kappa shape index (κ3) is 5.53. The Labute approximate surface area is 168 Å². The SMILES string of the molecule is CN(CCOc1ccc(F)cc1)C(=O)C1CCCN(C(=O)c2ccc(F)cc2)C1. The van der Waals surface area contributed by atoms with E-state index in [1.807, 2.05) is 0 Å². The Kier molecular flexibility index (Phi) is 6.80. The molecule has 5 nitrogen and oxygen atoms in total. The first-order valence-electron chi connectivity index (χ1n) is 9.62. The summed E-state index contributed by atoms with van der Waals surface area (Å²) in [6.07, 6.45) is 1.46. The molecule has 1 atom stereocenters. The fourth-order valence-corrected chi connectivity index (χ4v) is 3.39. The molecule has 29 heavy (non-hydrogen) atoms. The standard InChI is InChI=1S/C22H24F2N2O3/c1-25(13-14-29-20-10-8-19(24)9-11-20)21(27)17-3-2-12-26(15-17)22(28)16-4-6-18(23)7-5-16/h4-11,17H,2-3,12-15H2,1H3. The monoisotopic (exact) mass is 402 g/mol. The van der Waals surface area contributed by atoms with Gasteiger partial charge in [0.1, 0.15) is 24.0 Å². The van der Waals surface area contributed by atoms with Gasteiger partial charge in [0.25, 0.3) is 5.91 Å². The first-order chi connectivity index (χ1) is 13.9. The third-order valence-corrected chi connectivity index (χ3v) is 5.03. The average molecular weight is 402 g/mol. The number of amides is 2. The topological polar surface area (TPSA) is 49.9 Å². The molecule has 1 unspecified atom stereocenters. The zero-order chi connectivity index (χ0) is 20.8. The van der Waals surface area contributed by atoms with Gasteiger partial charge in [-0.15, -0.1) is 0 Å². The van der Waals surface area contributed by atoms with Crippen molar-refractivity contribution in [3.05, 3.63) is 65.7 Å². The van der Waals surface area contributed by atoms with Gasteiger partial charge in [0, 0.05) is 25.7 Å². The van der Waals surface area contributed by atoms with E-state index >= 15 is 0 Å². The second kappa shape index (κ2) is 9.49. The molecule has 154 valence electrons. The van der Waals surface area contributed by atoms with E-state index in [1.54, 1.807) is 16.8 Å². The minimum absolute atomic E-state index is 0.0377. The molecule has 3 rings (SSSR count). The quantitative estimate of drug-likeness (QED) is 0.745. The molecule has 0 aliphatic carbocycles. The highest BCUT2D eigenvalue weighted by Gasteiger charge is 2.30. The Bertz CT molecular complexity index is 840. The van der Waals surface area contributed by atoms with Crippen LogP contribution in [0.3, 0.4) is 0 Å². The number of likely N-dealkylation sites (tertiary alicyclic amines) is 1. The number of rotatable bonds is 6. The lowest BCUT2D eigenvalue weighted by Gasteiger charge is -2.34. The number of hydrogen-bond acceptors (Lipinski definition) is 3.